The minimum atomic E-state index is -3.82. The average Bonchev–Trinajstić information content (AvgIpc) is 2.41. The lowest BCUT2D eigenvalue weighted by Gasteiger charge is -2.27. The maximum absolute atomic E-state index is 12.3. The van der Waals surface area contributed by atoms with Gasteiger partial charge in [0.15, 0.2) is 0 Å². The molecule has 2 rings (SSSR count). The van der Waals surface area contributed by atoms with E-state index in [1.807, 2.05) is 6.92 Å². The fraction of sp³-hybridized carbons (Fsp3) is 0.286. The largest absolute Gasteiger partial charge is 0.264 e. The number of nitrogens with zero attached hydrogens (tertiary/aromatic N) is 1. The molecule has 0 saturated heterocycles. The highest BCUT2D eigenvalue weighted by Gasteiger charge is 2.45. The van der Waals surface area contributed by atoms with Gasteiger partial charge in [0, 0.05) is 11.8 Å². The van der Waals surface area contributed by atoms with Crippen molar-refractivity contribution >= 4 is 10.0 Å². The molecule has 112 valence electrons. The topological polar surface area (TPSA) is 89.3 Å². The summed E-state index contributed by atoms with van der Waals surface area (Å²) in [4.78, 5) is 10.8. The Balaban J connectivity index is 2.31. The van der Waals surface area contributed by atoms with E-state index in [1.165, 1.54) is 31.2 Å². The molecule has 0 amide bonds. The van der Waals surface area contributed by atoms with Crippen molar-refractivity contribution in [2.45, 2.75) is 30.3 Å². The van der Waals surface area contributed by atoms with Crippen LogP contribution in [0.3, 0.4) is 0 Å². The third-order valence-electron chi connectivity index (χ3n) is 3.48. The van der Waals surface area contributed by atoms with Gasteiger partial charge in [-0.3, -0.25) is 10.1 Å². The van der Waals surface area contributed by atoms with Crippen molar-refractivity contribution in [1.29, 1.82) is 0 Å². The van der Waals surface area contributed by atoms with Gasteiger partial charge in [-0.2, -0.15) is 4.72 Å². The minimum Gasteiger partial charge on any atom is -0.264 e. The molecule has 7 heteroatoms. The molecule has 2 unspecified atom stereocenters. The zero-order valence-corrected chi connectivity index (χ0v) is 12.5. The maximum atomic E-state index is 12.3. The van der Waals surface area contributed by atoms with Crippen molar-refractivity contribution in [3.8, 4) is 0 Å². The molecule has 1 aliphatic carbocycles. The zero-order chi connectivity index (χ0) is 15.7. The predicted molar refractivity (Wildman–Crippen MR) is 79.0 cm³/mol. The van der Waals surface area contributed by atoms with Gasteiger partial charge in [0.2, 0.25) is 10.0 Å². The molecule has 0 saturated carbocycles. The number of allylic oxidation sites excluding steroid dienone is 2. The average molecular weight is 308 g/mol. The summed E-state index contributed by atoms with van der Waals surface area (Å²) in [5.41, 5.74) is -0.573. The normalized spacial score (nSPS) is 25.0. The number of hydrogen-bond acceptors (Lipinski definition) is 4. The molecule has 1 aromatic carbocycles. The molecule has 0 aliphatic heterocycles. The third kappa shape index (κ3) is 3.03. The van der Waals surface area contributed by atoms with Crippen LogP contribution in [0, 0.1) is 17.0 Å². The Kier molecular flexibility index (Phi) is 3.97. The monoisotopic (exact) mass is 308 g/mol. The van der Waals surface area contributed by atoms with Crippen LogP contribution in [-0.4, -0.2) is 24.9 Å². The Hall–Kier alpha value is -1.99. The molecule has 2 atom stereocenters. The first-order chi connectivity index (χ1) is 9.75. The van der Waals surface area contributed by atoms with Gasteiger partial charge < -0.3 is 0 Å². The van der Waals surface area contributed by atoms with E-state index >= 15 is 0 Å². The molecule has 0 aromatic heterocycles. The highest BCUT2D eigenvalue weighted by Crippen LogP contribution is 2.23. The van der Waals surface area contributed by atoms with Crippen molar-refractivity contribution < 1.29 is 13.3 Å². The summed E-state index contributed by atoms with van der Waals surface area (Å²) in [6, 6.07) is 5.37. The minimum absolute atomic E-state index is 0.0850. The first kappa shape index (κ1) is 15.4. The lowest BCUT2D eigenvalue weighted by molar-refractivity contribution is -0.552. The van der Waals surface area contributed by atoms with Gasteiger partial charge in [-0.05, 0) is 25.1 Å². The number of hydrogen-bond donors (Lipinski definition) is 1. The Morgan fingerprint density at radius 3 is 2.43 bits per heavy atom. The second-order valence-electron chi connectivity index (χ2n) is 5.14. The van der Waals surface area contributed by atoms with Crippen LogP contribution in [0.25, 0.3) is 0 Å². The number of sulfonamides is 1. The Morgan fingerprint density at radius 2 is 1.86 bits per heavy atom. The Labute approximate surface area is 123 Å². The van der Waals surface area contributed by atoms with Crippen molar-refractivity contribution in [1.82, 2.24) is 4.72 Å². The van der Waals surface area contributed by atoms with Gasteiger partial charge in [0.1, 0.15) is 6.04 Å². The van der Waals surface area contributed by atoms with Crippen LogP contribution in [0.5, 0.6) is 0 Å². The summed E-state index contributed by atoms with van der Waals surface area (Å²) < 4.78 is 27.1. The van der Waals surface area contributed by atoms with E-state index < -0.39 is 26.5 Å². The SMILES string of the molecule is Cc1ccc(S(=O)(=O)NC2C=CC=CC2(C)[N+](=O)[O-])cc1. The van der Waals surface area contributed by atoms with Crippen LogP contribution >= 0.6 is 0 Å². The summed E-state index contributed by atoms with van der Waals surface area (Å²) in [5, 5.41) is 11.2. The first-order valence-electron chi connectivity index (χ1n) is 6.35. The summed E-state index contributed by atoms with van der Waals surface area (Å²) in [7, 11) is -3.82. The summed E-state index contributed by atoms with van der Waals surface area (Å²) >= 11 is 0. The maximum Gasteiger partial charge on any atom is 0.257 e. The van der Waals surface area contributed by atoms with E-state index in [0.29, 0.717) is 0 Å². The van der Waals surface area contributed by atoms with Crippen molar-refractivity contribution in [2.75, 3.05) is 0 Å². The molecule has 0 spiro atoms. The molecular formula is C14H16N2O4S. The second kappa shape index (κ2) is 5.42. The summed E-state index contributed by atoms with van der Waals surface area (Å²) in [5.74, 6) is 0. The van der Waals surface area contributed by atoms with Crippen molar-refractivity contribution in [3.05, 3.63) is 64.2 Å². The number of rotatable bonds is 4. The van der Waals surface area contributed by atoms with Gasteiger partial charge >= 0.3 is 0 Å². The highest BCUT2D eigenvalue weighted by molar-refractivity contribution is 7.89. The van der Waals surface area contributed by atoms with Gasteiger partial charge in [0.05, 0.1) is 4.90 Å². The van der Waals surface area contributed by atoms with Crippen molar-refractivity contribution in [2.24, 2.45) is 0 Å². The van der Waals surface area contributed by atoms with E-state index in [1.54, 1.807) is 24.3 Å². The van der Waals surface area contributed by atoms with Crippen LogP contribution in [0.2, 0.25) is 0 Å². The molecule has 0 radical (unpaired) electrons. The summed E-state index contributed by atoms with van der Waals surface area (Å²) in [6.07, 6.45) is 6.00. The van der Waals surface area contributed by atoms with E-state index in [9.17, 15) is 18.5 Å². The molecule has 0 heterocycles. The molecule has 0 fully saturated rings. The third-order valence-corrected chi connectivity index (χ3v) is 4.94. The molecular weight excluding hydrogens is 292 g/mol. The van der Waals surface area contributed by atoms with Gasteiger partial charge in [-0.25, -0.2) is 8.42 Å². The molecule has 6 nitrogen and oxygen atoms in total. The summed E-state index contributed by atoms with van der Waals surface area (Å²) in [6.45, 7) is 3.23. The predicted octanol–water partition coefficient (Wildman–Crippen LogP) is 1.80. The zero-order valence-electron chi connectivity index (χ0n) is 11.7. The van der Waals surface area contributed by atoms with E-state index in [4.69, 9.17) is 0 Å². The van der Waals surface area contributed by atoms with Crippen LogP contribution in [-0.2, 0) is 10.0 Å². The van der Waals surface area contributed by atoms with E-state index in [2.05, 4.69) is 4.72 Å². The lowest BCUT2D eigenvalue weighted by atomic mass is 9.90. The molecule has 1 aromatic rings. The van der Waals surface area contributed by atoms with Crippen molar-refractivity contribution in [3.63, 3.8) is 0 Å². The highest BCUT2D eigenvalue weighted by atomic mass is 32.2. The van der Waals surface area contributed by atoms with Gasteiger partial charge in [0.25, 0.3) is 5.54 Å². The number of aryl methyl sites for hydroxylation is 1. The van der Waals surface area contributed by atoms with Gasteiger partial charge in [-0.15, -0.1) is 0 Å². The van der Waals surface area contributed by atoms with Gasteiger partial charge in [-0.1, -0.05) is 35.9 Å². The molecule has 0 bridgehead atoms. The second-order valence-corrected chi connectivity index (χ2v) is 6.85. The van der Waals surface area contributed by atoms with Crippen LogP contribution in [0.1, 0.15) is 12.5 Å². The molecule has 1 N–H and O–H groups in total. The standard InChI is InChI=1S/C14H16N2O4S/c1-11-6-8-12(9-7-11)21(19,20)15-13-5-3-4-10-14(13,2)16(17)18/h3-10,13,15H,1-2H3. The van der Waals surface area contributed by atoms with E-state index in [-0.39, 0.29) is 4.90 Å². The molecule has 21 heavy (non-hydrogen) atoms. The number of nitrogens with one attached hydrogen (secondary N) is 1. The fourth-order valence-corrected chi connectivity index (χ4v) is 3.29. The smallest absolute Gasteiger partial charge is 0.257 e. The van der Waals surface area contributed by atoms with Crippen LogP contribution < -0.4 is 4.72 Å². The Morgan fingerprint density at radius 1 is 1.24 bits per heavy atom. The number of benzene rings is 1. The fourth-order valence-electron chi connectivity index (χ4n) is 2.01. The lowest BCUT2D eigenvalue weighted by Crippen LogP contribution is -2.53. The van der Waals surface area contributed by atoms with E-state index in [0.717, 1.165) is 5.56 Å². The number of nitro groups is 1. The Bertz CT molecular complexity index is 707. The van der Waals surface area contributed by atoms with Crippen LogP contribution in [0.4, 0.5) is 0 Å². The quantitative estimate of drug-likeness (QED) is 0.678. The first-order valence-corrected chi connectivity index (χ1v) is 7.83. The van der Waals surface area contributed by atoms with Crippen LogP contribution in [0.15, 0.2) is 53.5 Å². The molecule has 1 aliphatic rings.